The smallest absolute Gasteiger partial charge is 0.336 e. The van der Waals surface area contributed by atoms with Crippen LogP contribution in [0.1, 0.15) is 20.8 Å². The van der Waals surface area contributed by atoms with Crippen molar-refractivity contribution < 1.29 is 19.4 Å². The predicted octanol–water partition coefficient (Wildman–Crippen LogP) is 3.08. The van der Waals surface area contributed by atoms with Crippen LogP contribution >= 0.6 is 0 Å². The third-order valence-electron chi connectivity index (χ3n) is 3.51. The summed E-state index contributed by atoms with van der Waals surface area (Å²) < 4.78 is 5.75. The first-order chi connectivity index (χ1) is 11.6. The zero-order valence-corrected chi connectivity index (χ0v) is 12.8. The Kier molecular flexibility index (Phi) is 4.11. The number of hydrogen-bond acceptors (Lipinski definition) is 4. The molecule has 0 aliphatic carbocycles. The number of carboxylic acid groups (broad SMARTS) is 1. The second-order valence-electron chi connectivity index (χ2n) is 5.05. The molecule has 2 N–H and O–H groups in total. The average molecular weight is 322 g/mol. The quantitative estimate of drug-likeness (QED) is 0.770. The topological polar surface area (TPSA) is 88.5 Å². The van der Waals surface area contributed by atoms with Crippen molar-refractivity contribution in [3.05, 3.63) is 66.0 Å². The highest BCUT2D eigenvalue weighted by Gasteiger charge is 2.10. The van der Waals surface area contributed by atoms with Crippen molar-refractivity contribution in [3.8, 4) is 11.5 Å². The number of hydrogen-bond donors (Lipinski definition) is 2. The van der Waals surface area contributed by atoms with Gasteiger partial charge in [0, 0.05) is 19.3 Å². The van der Waals surface area contributed by atoms with Gasteiger partial charge in [0.05, 0.1) is 5.56 Å². The van der Waals surface area contributed by atoms with E-state index in [1.165, 1.54) is 19.3 Å². The largest absolute Gasteiger partial charge is 0.478 e. The lowest BCUT2D eigenvalue weighted by atomic mass is 10.0. The van der Waals surface area contributed by atoms with Crippen molar-refractivity contribution in [1.29, 1.82) is 0 Å². The van der Waals surface area contributed by atoms with Gasteiger partial charge in [-0.05, 0) is 41.1 Å². The van der Waals surface area contributed by atoms with E-state index in [4.69, 9.17) is 4.74 Å². The van der Waals surface area contributed by atoms with E-state index in [1.807, 2.05) is 6.07 Å². The van der Waals surface area contributed by atoms with Crippen LogP contribution in [0.5, 0.6) is 11.5 Å². The number of carbonyl (C=O) groups is 2. The van der Waals surface area contributed by atoms with Crippen LogP contribution in [0.4, 0.5) is 0 Å². The van der Waals surface area contributed by atoms with E-state index in [9.17, 15) is 14.7 Å². The predicted molar refractivity (Wildman–Crippen MR) is 88.6 cm³/mol. The van der Waals surface area contributed by atoms with Gasteiger partial charge in [-0.2, -0.15) is 0 Å². The Morgan fingerprint density at radius 3 is 2.62 bits per heavy atom. The van der Waals surface area contributed by atoms with Crippen molar-refractivity contribution in [2.75, 3.05) is 7.05 Å². The Labute approximate surface area is 137 Å². The SMILES string of the molecule is CNC(=O)c1cc(Oc2ccc3c(C(=O)O)cccc3c2)ccn1. The fourth-order valence-electron chi connectivity index (χ4n) is 2.37. The van der Waals surface area contributed by atoms with Gasteiger partial charge < -0.3 is 15.2 Å². The van der Waals surface area contributed by atoms with E-state index < -0.39 is 5.97 Å². The van der Waals surface area contributed by atoms with Crippen LogP contribution in [0.15, 0.2) is 54.7 Å². The molecule has 0 unspecified atom stereocenters. The lowest BCUT2D eigenvalue weighted by molar-refractivity contribution is 0.0698. The third kappa shape index (κ3) is 3.03. The highest BCUT2D eigenvalue weighted by molar-refractivity contribution is 6.03. The molecule has 1 heterocycles. The number of pyridine rings is 1. The summed E-state index contributed by atoms with van der Waals surface area (Å²) in [7, 11) is 1.53. The molecule has 120 valence electrons. The number of nitrogens with zero attached hydrogens (tertiary/aromatic N) is 1. The summed E-state index contributed by atoms with van der Waals surface area (Å²) in [5.41, 5.74) is 0.494. The lowest BCUT2D eigenvalue weighted by Gasteiger charge is -2.09. The van der Waals surface area contributed by atoms with Gasteiger partial charge in [0.2, 0.25) is 0 Å². The van der Waals surface area contributed by atoms with Gasteiger partial charge in [-0.25, -0.2) is 4.79 Å². The molecule has 0 atom stereocenters. The molecule has 1 amide bonds. The molecule has 2 aromatic carbocycles. The maximum absolute atomic E-state index is 11.6. The highest BCUT2D eigenvalue weighted by Crippen LogP contribution is 2.27. The molecule has 6 nitrogen and oxygen atoms in total. The van der Waals surface area contributed by atoms with Crippen molar-refractivity contribution in [2.24, 2.45) is 0 Å². The number of carboxylic acids is 1. The monoisotopic (exact) mass is 322 g/mol. The van der Waals surface area contributed by atoms with Crippen molar-refractivity contribution >= 4 is 22.6 Å². The first-order valence-electron chi connectivity index (χ1n) is 7.20. The Morgan fingerprint density at radius 1 is 1.08 bits per heavy atom. The molecule has 0 aliphatic heterocycles. The van der Waals surface area contributed by atoms with Gasteiger partial charge in [0.15, 0.2) is 0 Å². The number of ether oxygens (including phenoxy) is 1. The van der Waals surface area contributed by atoms with Crippen LogP contribution < -0.4 is 10.1 Å². The average Bonchev–Trinajstić information content (AvgIpc) is 2.60. The molecule has 0 aliphatic rings. The fraction of sp³-hybridized carbons (Fsp3) is 0.0556. The van der Waals surface area contributed by atoms with E-state index in [0.29, 0.717) is 16.9 Å². The van der Waals surface area contributed by atoms with Crippen LogP contribution in [0.2, 0.25) is 0 Å². The molecule has 1 aromatic heterocycles. The summed E-state index contributed by atoms with van der Waals surface area (Å²) in [6, 6.07) is 13.4. The molecule has 0 saturated heterocycles. The van der Waals surface area contributed by atoms with E-state index >= 15 is 0 Å². The number of rotatable bonds is 4. The van der Waals surface area contributed by atoms with Gasteiger partial charge >= 0.3 is 5.97 Å². The number of fused-ring (bicyclic) bond motifs is 1. The van der Waals surface area contributed by atoms with Crippen LogP contribution in [-0.4, -0.2) is 29.0 Å². The molecule has 0 spiro atoms. The van der Waals surface area contributed by atoms with E-state index in [0.717, 1.165) is 5.39 Å². The first-order valence-corrected chi connectivity index (χ1v) is 7.20. The molecule has 3 aromatic rings. The van der Waals surface area contributed by atoms with Gasteiger partial charge in [0.25, 0.3) is 5.91 Å². The summed E-state index contributed by atoms with van der Waals surface area (Å²) in [4.78, 5) is 26.8. The lowest BCUT2D eigenvalue weighted by Crippen LogP contribution is -2.18. The zero-order valence-electron chi connectivity index (χ0n) is 12.8. The molecular formula is C18H14N2O4. The first kappa shape index (κ1) is 15.5. The molecule has 24 heavy (non-hydrogen) atoms. The van der Waals surface area contributed by atoms with Crippen molar-refractivity contribution in [3.63, 3.8) is 0 Å². The second kappa shape index (κ2) is 6.37. The second-order valence-corrected chi connectivity index (χ2v) is 5.05. The number of amides is 1. The van der Waals surface area contributed by atoms with Gasteiger partial charge in [0.1, 0.15) is 17.2 Å². The Bertz CT molecular complexity index is 937. The van der Waals surface area contributed by atoms with Crippen LogP contribution in [0, 0.1) is 0 Å². The highest BCUT2D eigenvalue weighted by atomic mass is 16.5. The van der Waals surface area contributed by atoms with Gasteiger partial charge in [-0.1, -0.05) is 12.1 Å². The molecule has 0 radical (unpaired) electrons. The minimum absolute atomic E-state index is 0.241. The summed E-state index contributed by atoms with van der Waals surface area (Å²) in [6.45, 7) is 0. The third-order valence-corrected chi connectivity index (χ3v) is 3.51. The van der Waals surface area contributed by atoms with Crippen molar-refractivity contribution in [1.82, 2.24) is 10.3 Å². The van der Waals surface area contributed by atoms with E-state index in [2.05, 4.69) is 10.3 Å². The van der Waals surface area contributed by atoms with Crippen molar-refractivity contribution in [2.45, 2.75) is 0 Å². The van der Waals surface area contributed by atoms with Crippen LogP contribution in [-0.2, 0) is 0 Å². The van der Waals surface area contributed by atoms with Gasteiger partial charge in [-0.15, -0.1) is 0 Å². The van der Waals surface area contributed by atoms with E-state index in [1.54, 1.807) is 36.4 Å². The summed E-state index contributed by atoms with van der Waals surface area (Å²) in [5.74, 6) is -0.264. The summed E-state index contributed by atoms with van der Waals surface area (Å²) in [5, 5.41) is 13.1. The number of benzene rings is 2. The van der Waals surface area contributed by atoms with E-state index in [-0.39, 0.29) is 17.2 Å². The van der Waals surface area contributed by atoms with Gasteiger partial charge in [-0.3, -0.25) is 9.78 Å². The maximum atomic E-state index is 11.6. The minimum Gasteiger partial charge on any atom is -0.478 e. The molecular weight excluding hydrogens is 308 g/mol. The standard InChI is InChI=1S/C18H14N2O4/c1-19-17(21)16-10-13(7-8-20-16)24-12-5-6-14-11(9-12)3-2-4-15(14)18(22)23/h2-10H,1H3,(H,19,21)(H,22,23). The number of aromatic nitrogens is 1. The summed E-state index contributed by atoms with van der Waals surface area (Å²) in [6.07, 6.45) is 1.49. The summed E-state index contributed by atoms with van der Waals surface area (Å²) >= 11 is 0. The van der Waals surface area contributed by atoms with Crippen LogP contribution in [0.25, 0.3) is 10.8 Å². The Hall–Kier alpha value is -3.41. The molecule has 0 saturated carbocycles. The normalized spacial score (nSPS) is 10.4. The number of carbonyl (C=O) groups excluding carboxylic acids is 1. The Morgan fingerprint density at radius 2 is 1.88 bits per heavy atom. The maximum Gasteiger partial charge on any atom is 0.336 e. The number of nitrogens with one attached hydrogen (secondary N) is 1. The molecule has 0 fully saturated rings. The Balaban J connectivity index is 1.94. The molecule has 3 rings (SSSR count). The van der Waals surface area contributed by atoms with Crippen LogP contribution in [0.3, 0.4) is 0 Å². The fourth-order valence-corrected chi connectivity index (χ4v) is 2.37. The zero-order chi connectivity index (χ0) is 17.1. The minimum atomic E-state index is -0.973. The molecule has 0 bridgehead atoms. The molecule has 6 heteroatoms. The number of aromatic carboxylic acids is 1.